The van der Waals surface area contributed by atoms with Crippen molar-refractivity contribution in [3.05, 3.63) is 40.8 Å². The summed E-state index contributed by atoms with van der Waals surface area (Å²) in [6, 6.07) is 9.07. The van der Waals surface area contributed by atoms with Crippen LogP contribution in [0.5, 0.6) is 0 Å². The normalized spacial score (nSPS) is 14.1. The third-order valence-corrected chi connectivity index (χ3v) is 17.9. The van der Waals surface area contributed by atoms with Crippen LogP contribution in [0.1, 0.15) is 42.1 Å². The fraction of sp³-hybridized carbons (Fsp3) is 0.364. The van der Waals surface area contributed by atoms with Gasteiger partial charge in [-0.2, -0.15) is 5.10 Å². The molecule has 10 nitrogen and oxygen atoms in total. The molecule has 0 aliphatic carbocycles. The lowest BCUT2D eigenvalue weighted by Gasteiger charge is -2.32. The smallest absolute Gasteiger partial charge is 0.465 e. The van der Waals surface area contributed by atoms with Crippen molar-refractivity contribution in [3.63, 3.8) is 0 Å². The van der Waals surface area contributed by atoms with Crippen LogP contribution < -0.4 is 0 Å². The van der Waals surface area contributed by atoms with Crippen LogP contribution in [0, 0.1) is 5.41 Å². The number of H-pyrrole nitrogens is 2. The van der Waals surface area contributed by atoms with E-state index < -0.39 is 43.4 Å². The molecule has 1 unspecified atom stereocenters. The Balaban J connectivity index is 1.76. The summed E-state index contributed by atoms with van der Waals surface area (Å²) in [6.45, 7) is 5.60. The minimum atomic E-state index is -3.94. The van der Waals surface area contributed by atoms with E-state index >= 15 is 0 Å². The molecule has 1 radical (unpaired) electrons. The van der Waals surface area contributed by atoms with Crippen molar-refractivity contribution >= 4 is 64.3 Å². The molecule has 3 heterocycles. The van der Waals surface area contributed by atoms with Gasteiger partial charge in [0.25, 0.3) is 0 Å². The average molecular weight is 569 g/mol. The molecular formula is C22H26N3O7S3Si. The molecule has 193 valence electrons. The van der Waals surface area contributed by atoms with Gasteiger partial charge in [-0.05, 0) is 35.2 Å². The molecule has 4 rings (SSSR count). The van der Waals surface area contributed by atoms with Crippen molar-refractivity contribution in [1.82, 2.24) is 15.2 Å². The molecule has 0 amide bonds. The number of ether oxygens (including phenoxy) is 1. The molecular weight excluding hydrogens is 543 g/mol. The molecule has 1 aromatic carbocycles. The first-order valence-corrected chi connectivity index (χ1v) is 18.2. The number of thiophene rings is 1. The van der Waals surface area contributed by atoms with Crippen molar-refractivity contribution in [2.24, 2.45) is 5.41 Å². The highest BCUT2D eigenvalue weighted by Crippen LogP contribution is 2.40. The highest BCUT2D eigenvalue weighted by molar-refractivity contribution is 8.45. The number of fused-ring (bicyclic) bond motifs is 2. The second-order valence-electron chi connectivity index (χ2n) is 9.61. The third-order valence-electron chi connectivity index (χ3n) is 5.43. The van der Waals surface area contributed by atoms with Crippen LogP contribution in [-0.2, 0) is 27.7 Å². The van der Waals surface area contributed by atoms with Crippen molar-refractivity contribution in [1.29, 1.82) is 0 Å². The summed E-state index contributed by atoms with van der Waals surface area (Å²) in [5.74, 6) is -0.422. The average Bonchev–Trinajstić information content (AvgIpc) is 3.43. The van der Waals surface area contributed by atoms with Crippen LogP contribution in [0.3, 0.4) is 0 Å². The van der Waals surface area contributed by atoms with Crippen LogP contribution in [-0.4, -0.2) is 64.9 Å². The number of carbonyl (C=O) groups is 1. The molecule has 0 aliphatic heterocycles. The van der Waals surface area contributed by atoms with Gasteiger partial charge < -0.3 is 14.1 Å². The van der Waals surface area contributed by atoms with E-state index in [1.54, 1.807) is 12.1 Å². The zero-order valence-corrected chi connectivity index (χ0v) is 23.9. The van der Waals surface area contributed by atoms with E-state index in [1.807, 2.05) is 39.0 Å². The van der Waals surface area contributed by atoms with Gasteiger partial charge >= 0.3 is 13.3 Å². The molecule has 0 aliphatic rings. The number of carbonyl (C=O) groups excluding carboxylic acids is 1. The van der Waals surface area contributed by atoms with E-state index in [9.17, 15) is 21.6 Å². The van der Waals surface area contributed by atoms with E-state index in [4.69, 9.17) is 9.16 Å². The highest BCUT2D eigenvalue weighted by atomic mass is 32.6. The molecule has 0 bridgehead atoms. The number of aromatic nitrogens is 3. The Hall–Kier alpha value is -2.52. The molecule has 1 atom stereocenters. The number of methoxy groups -OCH3 is 1. The van der Waals surface area contributed by atoms with Crippen molar-refractivity contribution in [2.45, 2.75) is 26.9 Å². The van der Waals surface area contributed by atoms with Gasteiger partial charge in [0.15, 0.2) is 18.6 Å². The highest BCUT2D eigenvalue weighted by Gasteiger charge is 2.44. The number of esters is 1. The summed E-state index contributed by atoms with van der Waals surface area (Å²) in [4.78, 5) is 15.7. The van der Waals surface area contributed by atoms with Crippen molar-refractivity contribution in [2.75, 3.05) is 19.6 Å². The second-order valence-corrected chi connectivity index (χ2v) is 21.9. The largest absolute Gasteiger partial charge is 0.504 e. The van der Waals surface area contributed by atoms with Crippen molar-refractivity contribution in [3.8, 4) is 11.4 Å². The Morgan fingerprint density at radius 3 is 2.31 bits per heavy atom. The van der Waals surface area contributed by atoms with Crippen LogP contribution in [0.15, 0.2) is 30.3 Å². The first kappa shape index (κ1) is 26.5. The Bertz CT molecular complexity index is 1650. The molecule has 14 heteroatoms. The number of hydrogen-bond acceptors (Lipinski definition) is 9. The lowest BCUT2D eigenvalue weighted by atomic mass is 9.84. The lowest BCUT2D eigenvalue weighted by molar-refractivity contribution is 0.0606. The summed E-state index contributed by atoms with van der Waals surface area (Å²) in [7, 11) is -9.78. The van der Waals surface area contributed by atoms with E-state index in [0.717, 1.165) is 33.8 Å². The second kappa shape index (κ2) is 9.10. The molecule has 0 fully saturated rings. The summed E-state index contributed by atoms with van der Waals surface area (Å²) in [5, 5.41) is 8.13. The van der Waals surface area contributed by atoms with Gasteiger partial charge in [0, 0.05) is 23.4 Å². The lowest BCUT2D eigenvalue weighted by Crippen LogP contribution is -2.41. The molecule has 0 saturated carbocycles. The number of nitrogens with one attached hydrogen (secondary N) is 2. The molecule has 2 N–H and O–H groups in total. The van der Waals surface area contributed by atoms with Crippen LogP contribution in [0.4, 0.5) is 0 Å². The van der Waals surface area contributed by atoms with Crippen molar-refractivity contribution < 1.29 is 30.8 Å². The van der Waals surface area contributed by atoms with Crippen LogP contribution >= 0.6 is 11.3 Å². The van der Waals surface area contributed by atoms with Gasteiger partial charge in [0.05, 0.1) is 29.1 Å². The van der Waals surface area contributed by atoms with Crippen LogP contribution in [0.25, 0.3) is 32.5 Å². The summed E-state index contributed by atoms with van der Waals surface area (Å²) >= 11 is 1.27. The van der Waals surface area contributed by atoms with Gasteiger partial charge in [-0.3, -0.25) is 5.10 Å². The quantitative estimate of drug-likeness (QED) is 0.253. The molecule has 4 aromatic rings. The maximum Gasteiger partial charge on any atom is 0.504 e. The van der Waals surface area contributed by atoms with Crippen LogP contribution in [0.2, 0.25) is 0 Å². The number of nitrogens with zero attached hydrogens (tertiary/aromatic N) is 1. The summed E-state index contributed by atoms with van der Waals surface area (Å²) in [6.07, 6.45) is 1.00. The minimum absolute atomic E-state index is 0.422. The van der Waals surface area contributed by atoms with E-state index in [1.165, 1.54) is 18.4 Å². The number of rotatable bonds is 7. The maximum atomic E-state index is 12.3. The minimum Gasteiger partial charge on any atom is -0.465 e. The maximum absolute atomic E-state index is 12.3. The van der Waals surface area contributed by atoms with Gasteiger partial charge in [0.2, 0.25) is 0 Å². The van der Waals surface area contributed by atoms with Gasteiger partial charge in [-0.25, -0.2) is 21.6 Å². The SMILES string of the molecule is COC(=O)c1cc2[nH]nc(-c3cc4cc(C(O[Si](S(C)(=O)=O)S(C)(=O)=O)C(C)(C)C)ccc4[nH]3)c2s1. The van der Waals surface area contributed by atoms with Gasteiger partial charge in [0.1, 0.15) is 10.6 Å². The van der Waals surface area contributed by atoms with Gasteiger partial charge in [-0.1, -0.05) is 26.8 Å². The topological polar surface area (TPSA) is 148 Å². The molecule has 3 aromatic heterocycles. The zero-order valence-electron chi connectivity index (χ0n) is 20.5. The van der Waals surface area contributed by atoms with E-state index in [0.29, 0.717) is 21.7 Å². The first-order chi connectivity index (χ1) is 16.6. The Kier molecular flexibility index (Phi) is 6.71. The predicted molar refractivity (Wildman–Crippen MR) is 141 cm³/mol. The predicted octanol–water partition coefficient (Wildman–Crippen LogP) is 3.74. The fourth-order valence-corrected chi connectivity index (χ4v) is 14.8. The Labute approximate surface area is 213 Å². The Morgan fingerprint density at radius 1 is 1.06 bits per heavy atom. The summed E-state index contributed by atoms with van der Waals surface area (Å²) < 4.78 is 60.7. The number of hydrogen-bond donors (Lipinski definition) is 2. The standard InChI is InChI=1S/C22H26N3O7S3Si/c1-22(2,3)20(32-36(34(5,27)28)35(6,29)30)12-7-8-14-13(9-12)10-15(23-14)18-19-16(24-25-18)11-17(33-19)21(26)31-4/h7-11,20,23H,1-6H3,(H,24,25). The molecule has 0 saturated heterocycles. The monoisotopic (exact) mass is 568 g/mol. The van der Waals surface area contributed by atoms with E-state index in [-0.39, 0.29) is 0 Å². The zero-order chi connectivity index (χ0) is 26.6. The fourth-order valence-electron chi connectivity index (χ4n) is 3.93. The molecule has 36 heavy (non-hydrogen) atoms. The summed E-state index contributed by atoms with van der Waals surface area (Å²) in [5.41, 5.74) is 2.95. The third kappa shape index (κ3) is 5.13. The molecule has 0 spiro atoms. The first-order valence-electron chi connectivity index (χ1n) is 10.7. The Morgan fingerprint density at radius 2 is 1.72 bits per heavy atom. The van der Waals surface area contributed by atoms with E-state index in [2.05, 4.69) is 15.2 Å². The number of benzene rings is 1. The van der Waals surface area contributed by atoms with Gasteiger partial charge in [-0.15, -0.1) is 11.3 Å². The number of aromatic amines is 2.